The van der Waals surface area contributed by atoms with Gasteiger partial charge in [-0.15, -0.1) is 0 Å². The lowest BCUT2D eigenvalue weighted by molar-refractivity contribution is 0.115. The molecule has 1 fully saturated rings. The van der Waals surface area contributed by atoms with Crippen LogP contribution in [0.5, 0.6) is 0 Å². The van der Waals surface area contributed by atoms with Gasteiger partial charge in [-0.25, -0.2) is 9.78 Å². The normalized spacial score (nSPS) is 15.5. The highest BCUT2D eigenvalue weighted by atomic mass is 35.5. The summed E-state index contributed by atoms with van der Waals surface area (Å²) in [5, 5.41) is 0.673. The Balaban J connectivity index is 1.57. The molecule has 128 valence electrons. The molecule has 1 aliphatic rings. The highest BCUT2D eigenvalue weighted by Crippen LogP contribution is 2.24. The Morgan fingerprint density at radius 2 is 2.04 bits per heavy atom. The van der Waals surface area contributed by atoms with Crippen LogP contribution in [0.15, 0.2) is 34.9 Å². The first-order valence-corrected chi connectivity index (χ1v) is 8.30. The fourth-order valence-electron chi connectivity index (χ4n) is 2.73. The van der Waals surface area contributed by atoms with E-state index in [4.69, 9.17) is 16.0 Å². The third kappa shape index (κ3) is 3.88. The van der Waals surface area contributed by atoms with Crippen LogP contribution in [-0.4, -0.2) is 66.0 Å². The topological polar surface area (TPSA) is 52.8 Å². The predicted octanol–water partition coefficient (Wildman–Crippen LogP) is 2.79. The first-order chi connectivity index (χ1) is 11.5. The molecule has 3 rings (SSSR count). The van der Waals surface area contributed by atoms with Gasteiger partial charge in [-0.05, 0) is 12.1 Å². The summed E-state index contributed by atoms with van der Waals surface area (Å²) in [6.07, 6.45) is 1.73. The summed E-state index contributed by atoms with van der Waals surface area (Å²) < 4.78 is 5.84. The van der Waals surface area contributed by atoms with E-state index in [2.05, 4.69) is 9.88 Å². The van der Waals surface area contributed by atoms with E-state index < -0.39 is 0 Å². The van der Waals surface area contributed by atoms with Crippen molar-refractivity contribution in [3.8, 4) is 11.3 Å². The molecule has 6 nitrogen and oxygen atoms in total. The number of amides is 2. The standard InChI is InChI=1S/C17H21ClN4O2/c1-20(2)17(23)22-8-6-21(7-9-22)12-16-19-11-15(24-16)13-4-3-5-14(18)10-13/h3-5,10-11H,6-9,12H2,1-2H3. The minimum absolute atomic E-state index is 0.0639. The maximum absolute atomic E-state index is 11.9. The van der Waals surface area contributed by atoms with Crippen molar-refractivity contribution in [2.45, 2.75) is 6.54 Å². The van der Waals surface area contributed by atoms with Gasteiger partial charge in [0, 0.05) is 50.9 Å². The number of hydrogen-bond donors (Lipinski definition) is 0. The maximum Gasteiger partial charge on any atom is 0.319 e. The lowest BCUT2D eigenvalue weighted by atomic mass is 10.2. The zero-order chi connectivity index (χ0) is 17.1. The Hall–Kier alpha value is -2.05. The van der Waals surface area contributed by atoms with Crippen molar-refractivity contribution in [3.05, 3.63) is 41.4 Å². The van der Waals surface area contributed by atoms with Gasteiger partial charge in [-0.2, -0.15) is 0 Å². The number of nitrogens with zero attached hydrogens (tertiary/aromatic N) is 4. The summed E-state index contributed by atoms with van der Waals surface area (Å²) in [6, 6.07) is 7.59. The SMILES string of the molecule is CN(C)C(=O)N1CCN(Cc2ncc(-c3cccc(Cl)c3)o2)CC1. The summed E-state index contributed by atoms with van der Waals surface area (Å²) in [5.74, 6) is 1.39. The molecule has 1 aromatic heterocycles. The molecule has 2 heterocycles. The van der Waals surface area contributed by atoms with Crippen molar-refractivity contribution >= 4 is 17.6 Å². The van der Waals surface area contributed by atoms with Gasteiger partial charge in [0.2, 0.25) is 5.89 Å². The molecule has 1 aromatic carbocycles. The number of urea groups is 1. The number of halogens is 1. The van der Waals surface area contributed by atoms with Crippen molar-refractivity contribution in [2.24, 2.45) is 0 Å². The van der Waals surface area contributed by atoms with Gasteiger partial charge >= 0.3 is 6.03 Å². The molecule has 24 heavy (non-hydrogen) atoms. The van der Waals surface area contributed by atoms with Crippen LogP contribution in [0.2, 0.25) is 5.02 Å². The van der Waals surface area contributed by atoms with E-state index in [-0.39, 0.29) is 6.03 Å². The van der Waals surface area contributed by atoms with Crippen molar-refractivity contribution < 1.29 is 9.21 Å². The molecule has 0 unspecified atom stereocenters. The molecule has 2 amide bonds. The van der Waals surface area contributed by atoms with Crippen LogP contribution in [0.25, 0.3) is 11.3 Å². The van der Waals surface area contributed by atoms with Gasteiger partial charge in [-0.1, -0.05) is 23.7 Å². The van der Waals surface area contributed by atoms with Gasteiger partial charge < -0.3 is 14.2 Å². The van der Waals surface area contributed by atoms with Crippen LogP contribution in [0.3, 0.4) is 0 Å². The molecule has 0 spiro atoms. The number of carbonyl (C=O) groups excluding carboxylic acids is 1. The highest BCUT2D eigenvalue weighted by molar-refractivity contribution is 6.30. The van der Waals surface area contributed by atoms with Crippen molar-refractivity contribution in [2.75, 3.05) is 40.3 Å². The third-order valence-electron chi connectivity index (χ3n) is 4.05. The van der Waals surface area contributed by atoms with Crippen molar-refractivity contribution in [1.82, 2.24) is 19.7 Å². The average Bonchev–Trinajstić information content (AvgIpc) is 3.03. The van der Waals surface area contributed by atoms with Gasteiger partial charge in [0.05, 0.1) is 12.7 Å². The van der Waals surface area contributed by atoms with E-state index in [1.54, 1.807) is 25.2 Å². The Kier molecular flexibility index (Phi) is 5.06. The van der Waals surface area contributed by atoms with Crippen molar-refractivity contribution in [3.63, 3.8) is 0 Å². The van der Waals surface area contributed by atoms with E-state index in [0.29, 0.717) is 23.2 Å². The van der Waals surface area contributed by atoms with Crippen LogP contribution < -0.4 is 0 Å². The lowest BCUT2D eigenvalue weighted by Crippen LogP contribution is -2.51. The second-order valence-corrected chi connectivity index (χ2v) is 6.51. The largest absolute Gasteiger partial charge is 0.439 e. The van der Waals surface area contributed by atoms with Gasteiger partial charge in [0.25, 0.3) is 0 Å². The first kappa shape index (κ1) is 16.8. The van der Waals surface area contributed by atoms with E-state index in [1.165, 1.54) is 0 Å². The molecular weight excluding hydrogens is 328 g/mol. The third-order valence-corrected chi connectivity index (χ3v) is 4.28. The Bertz CT molecular complexity index is 708. The molecule has 7 heteroatoms. The molecule has 2 aromatic rings. The van der Waals surface area contributed by atoms with Crippen LogP contribution in [0.1, 0.15) is 5.89 Å². The zero-order valence-corrected chi connectivity index (χ0v) is 14.7. The van der Waals surface area contributed by atoms with E-state index in [1.807, 2.05) is 29.2 Å². The summed E-state index contributed by atoms with van der Waals surface area (Å²) in [7, 11) is 3.55. The van der Waals surface area contributed by atoms with Crippen LogP contribution >= 0.6 is 11.6 Å². The summed E-state index contributed by atoms with van der Waals surface area (Å²) in [5.41, 5.74) is 0.919. The number of aromatic nitrogens is 1. The quantitative estimate of drug-likeness (QED) is 0.856. The molecule has 0 N–H and O–H groups in total. The van der Waals surface area contributed by atoms with Gasteiger partial charge in [0.15, 0.2) is 5.76 Å². The molecule has 1 aliphatic heterocycles. The Morgan fingerprint density at radius 3 is 2.71 bits per heavy atom. The second kappa shape index (κ2) is 7.23. The summed E-state index contributed by atoms with van der Waals surface area (Å²) in [4.78, 5) is 22.0. The molecule has 0 bridgehead atoms. The average molecular weight is 349 g/mol. The highest BCUT2D eigenvalue weighted by Gasteiger charge is 2.23. The molecule has 1 saturated heterocycles. The molecule has 0 aliphatic carbocycles. The fraction of sp³-hybridized carbons (Fsp3) is 0.412. The number of piperazine rings is 1. The first-order valence-electron chi connectivity index (χ1n) is 7.92. The molecular formula is C17H21ClN4O2. The Morgan fingerprint density at radius 1 is 1.29 bits per heavy atom. The van der Waals surface area contributed by atoms with E-state index in [0.717, 1.165) is 31.7 Å². The summed E-state index contributed by atoms with van der Waals surface area (Å²) >= 11 is 6.01. The number of benzene rings is 1. The van der Waals surface area contributed by atoms with Gasteiger partial charge in [0.1, 0.15) is 0 Å². The monoisotopic (exact) mass is 348 g/mol. The van der Waals surface area contributed by atoms with Crippen LogP contribution in [0, 0.1) is 0 Å². The lowest BCUT2D eigenvalue weighted by Gasteiger charge is -2.35. The van der Waals surface area contributed by atoms with Gasteiger partial charge in [-0.3, -0.25) is 4.90 Å². The minimum atomic E-state index is 0.0639. The van der Waals surface area contributed by atoms with E-state index in [9.17, 15) is 4.79 Å². The number of carbonyl (C=O) groups is 1. The second-order valence-electron chi connectivity index (χ2n) is 6.07. The zero-order valence-electron chi connectivity index (χ0n) is 13.9. The molecule has 0 radical (unpaired) electrons. The smallest absolute Gasteiger partial charge is 0.319 e. The predicted molar refractivity (Wildman–Crippen MR) is 92.9 cm³/mol. The summed E-state index contributed by atoms with van der Waals surface area (Å²) in [6.45, 7) is 3.71. The molecule has 0 saturated carbocycles. The number of hydrogen-bond acceptors (Lipinski definition) is 4. The fourth-order valence-corrected chi connectivity index (χ4v) is 2.92. The Labute approximate surface area is 146 Å². The van der Waals surface area contributed by atoms with E-state index >= 15 is 0 Å². The minimum Gasteiger partial charge on any atom is -0.439 e. The maximum atomic E-state index is 11.9. The molecule has 0 atom stereocenters. The number of rotatable bonds is 3. The number of oxazole rings is 1. The van der Waals surface area contributed by atoms with Crippen LogP contribution in [0.4, 0.5) is 4.79 Å². The van der Waals surface area contributed by atoms with Crippen molar-refractivity contribution in [1.29, 1.82) is 0 Å². The van der Waals surface area contributed by atoms with Crippen LogP contribution in [-0.2, 0) is 6.54 Å².